The minimum Gasteiger partial charge on any atom is -0.345 e. The molecule has 0 aromatic carbocycles. The highest BCUT2D eigenvalue weighted by Crippen LogP contribution is 2.22. The largest absolute Gasteiger partial charge is 0.345 e. The molecule has 3 aromatic rings. The van der Waals surface area contributed by atoms with Crippen LogP contribution in [-0.4, -0.2) is 25.7 Å². The van der Waals surface area contributed by atoms with Gasteiger partial charge in [-0.05, 0) is 41.1 Å². The summed E-state index contributed by atoms with van der Waals surface area (Å²) in [4.78, 5) is 17.2. The van der Waals surface area contributed by atoms with Crippen molar-refractivity contribution in [2.45, 2.75) is 37.8 Å². The fraction of sp³-hybridized carbons (Fsp3) is 0.300. The van der Waals surface area contributed by atoms with Gasteiger partial charge in [0.25, 0.3) is 0 Å². The van der Waals surface area contributed by atoms with Crippen molar-refractivity contribution in [2.75, 3.05) is 0 Å². The van der Waals surface area contributed by atoms with E-state index in [1.54, 1.807) is 41.6 Å². The summed E-state index contributed by atoms with van der Waals surface area (Å²) in [6, 6.07) is 7.93. The summed E-state index contributed by atoms with van der Waals surface area (Å²) in [5.41, 5.74) is 1.19. The number of nitrogens with one attached hydrogen (secondary N) is 1. The van der Waals surface area contributed by atoms with Crippen LogP contribution in [0, 0.1) is 5.92 Å². The van der Waals surface area contributed by atoms with Crippen LogP contribution < -0.4 is 5.32 Å². The second kappa shape index (κ2) is 10.2. The number of hydrogen-bond acceptors (Lipinski definition) is 6. The normalized spacial score (nSPS) is 11.4. The highest BCUT2D eigenvalue weighted by atomic mass is 32.2. The van der Waals surface area contributed by atoms with Crippen molar-refractivity contribution in [3.8, 4) is 0 Å². The molecule has 146 valence electrons. The molecule has 3 rings (SSSR count). The summed E-state index contributed by atoms with van der Waals surface area (Å²) in [5.74, 6) is 1.88. The summed E-state index contributed by atoms with van der Waals surface area (Å²) in [6.45, 7) is 5.47. The number of amides is 1. The van der Waals surface area contributed by atoms with E-state index in [0.717, 1.165) is 28.2 Å². The van der Waals surface area contributed by atoms with E-state index < -0.39 is 0 Å². The average Bonchev–Trinajstić information content (AvgIpc) is 3.34. The molecule has 0 saturated heterocycles. The van der Waals surface area contributed by atoms with Crippen molar-refractivity contribution in [3.63, 3.8) is 0 Å². The first kappa shape index (κ1) is 20.3. The lowest BCUT2D eigenvalue weighted by Crippen LogP contribution is -2.23. The zero-order valence-electron chi connectivity index (χ0n) is 15.9. The summed E-state index contributed by atoms with van der Waals surface area (Å²) >= 11 is 3.24. The van der Waals surface area contributed by atoms with E-state index in [1.807, 2.05) is 35.7 Å². The van der Waals surface area contributed by atoms with E-state index in [4.69, 9.17) is 0 Å². The summed E-state index contributed by atoms with van der Waals surface area (Å²) in [7, 11) is 0. The van der Waals surface area contributed by atoms with Crippen LogP contribution in [0.4, 0.5) is 0 Å². The van der Waals surface area contributed by atoms with Gasteiger partial charge >= 0.3 is 0 Å². The second-order valence-corrected chi connectivity index (χ2v) is 8.54. The van der Waals surface area contributed by atoms with E-state index in [9.17, 15) is 4.79 Å². The summed E-state index contributed by atoms with van der Waals surface area (Å²) in [5, 5.41) is 14.4. The number of carbonyl (C=O) groups is 1. The Kier molecular flexibility index (Phi) is 7.39. The zero-order chi connectivity index (χ0) is 19.8. The fourth-order valence-electron chi connectivity index (χ4n) is 2.50. The molecule has 1 N–H and O–H groups in total. The Balaban J connectivity index is 1.63. The quantitative estimate of drug-likeness (QED) is 0.424. The maximum absolute atomic E-state index is 12.1. The van der Waals surface area contributed by atoms with E-state index >= 15 is 0 Å². The maximum Gasteiger partial charge on any atom is 0.244 e. The standard InChI is InChI=1S/C20H23N5OS2/c1-15(2)13-25-18(12-22-19(26)6-5-17-4-3-11-27-17)23-24-20(25)28-14-16-7-9-21-10-8-16/h3-11,15H,12-14H2,1-2H3,(H,22,26). The Morgan fingerprint density at radius 1 is 1.29 bits per heavy atom. The van der Waals surface area contributed by atoms with Gasteiger partial charge in [0.2, 0.25) is 5.91 Å². The van der Waals surface area contributed by atoms with Crippen molar-refractivity contribution in [1.82, 2.24) is 25.1 Å². The third kappa shape index (κ3) is 6.03. The van der Waals surface area contributed by atoms with Crippen molar-refractivity contribution < 1.29 is 4.79 Å². The SMILES string of the molecule is CC(C)Cn1c(CNC(=O)C=Cc2cccs2)nnc1SCc1ccncc1. The maximum atomic E-state index is 12.1. The average molecular weight is 414 g/mol. The lowest BCUT2D eigenvalue weighted by Gasteiger charge is -2.12. The van der Waals surface area contributed by atoms with Crippen LogP contribution in [-0.2, 0) is 23.6 Å². The molecule has 0 atom stereocenters. The molecule has 28 heavy (non-hydrogen) atoms. The Labute approximate surface area is 173 Å². The number of aromatic nitrogens is 4. The molecule has 0 bridgehead atoms. The van der Waals surface area contributed by atoms with E-state index in [2.05, 4.69) is 38.9 Å². The Hall–Kier alpha value is -2.45. The highest BCUT2D eigenvalue weighted by Gasteiger charge is 2.14. The molecule has 3 heterocycles. The molecule has 1 amide bonds. The van der Waals surface area contributed by atoms with Crippen LogP contribution in [0.5, 0.6) is 0 Å². The van der Waals surface area contributed by atoms with Gasteiger partial charge in [-0.2, -0.15) is 0 Å². The Morgan fingerprint density at radius 3 is 2.82 bits per heavy atom. The van der Waals surface area contributed by atoms with Crippen LogP contribution in [0.2, 0.25) is 0 Å². The molecule has 0 aliphatic carbocycles. The molecular formula is C20H23N5OS2. The predicted octanol–water partition coefficient (Wildman–Crippen LogP) is 4.01. The number of carbonyl (C=O) groups excluding carboxylic acids is 1. The van der Waals surface area contributed by atoms with Crippen molar-refractivity contribution in [1.29, 1.82) is 0 Å². The first-order valence-electron chi connectivity index (χ1n) is 9.05. The van der Waals surface area contributed by atoms with Crippen molar-refractivity contribution in [2.24, 2.45) is 5.92 Å². The van der Waals surface area contributed by atoms with Crippen LogP contribution in [0.25, 0.3) is 6.08 Å². The summed E-state index contributed by atoms with van der Waals surface area (Å²) < 4.78 is 2.10. The third-order valence-corrected chi connectivity index (χ3v) is 5.70. The fourth-order valence-corrected chi connectivity index (χ4v) is 4.04. The second-order valence-electron chi connectivity index (χ2n) is 6.61. The Bertz CT molecular complexity index is 904. The molecule has 0 aliphatic heterocycles. The van der Waals surface area contributed by atoms with Gasteiger partial charge < -0.3 is 9.88 Å². The van der Waals surface area contributed by atoms with Crippen molar-refractivity contribution >= 4 is 35.1 Å². The van der Waals surface area contributed by atoms with Gasteiger partial charge in [0, 0.05) is 35.6 Å². The highest BCUT2D eigenvalue weighted by molar-refractivity contribution is 7.98. The van der Waals surface area contributed by atoms with Gasteiger partial charge in [-0.15, -0.1) is 21.5 Å². The first-order valence-corrected chi connectivity index (χ1v) is 10.9. The predicted molar refractivity (Wildman–Crippen MR) is 114 cm³/mol. The van der Waals surface area contributed by atoms with Gasteiger partial charge in [-0.3, -0.25) is 9.78 Å². The molecule has 3 aromatic heterocycles. The van der Waals surface area contributed by atoms with E-state index in [0.29, 0.717) is 12.5 Å². The smallest absolute Gasteiger partial charge is 0.244 e. The van der Waals surface area contributed by atoms with Crippen LogP contribution >= 0.6 is 23.1 Å². The number of hydrogen-bond donors (Lipinski definition) is 1. The van der Waals surface area contributed by atoms with Crippen LogP contribution in [0.1, 0.15) is 30.1 Å². The number of pyridine rings is 1. The number of nitrogens with zero attached hydrogens (tertiary/aromatic N) is 4. The molecule has 0 fully saturated rings. The molecule has 0 saturated carbocycles. The molecule has 0 spiro atoms. The van der Waals surface area contributed by atoms with E-state index in [-0.39, 0.29) is 5.91 Å². The molecule has 0 unspecified atom stereocenters. The zero-order valence-corrected chi connectivity index (χ0v) is 17.5. The molecule has 8 heteroatoms. The number of thiophene rings is 1. The lowest BCUT2D eigenvalue weighted by atomic mass is 10.2. The van der Waals surface area contributed by atoms with Crippen LogP contribution in [0.3, 0.4) is 0 Å². The lowest BCUT2D eigenvalue weighted by molar-refractivity contribution is -0.116. The van der Waals surface area contributed by atoms with Gasteiger partial charge in [0.05, 0.1) is 6.54 Å². The number of thioether (sulfide) groups is 1. The Morgan fingerprint density at radius 2 is 2.11 bits per heavy atom. The number of rotatable bonds is 9. The monoisotopic (exact) mass is 413 g/mol. The molecule has 0 aliphatic rings. The third-order valence-electron chi connectivity index (χ3n) is 3.82. The van der Waals surface area contributed by atoms with Gasteiger partial charge in [-0.1, -0.05) is 31.7 Å². The first-order chi connectivity index (χ1) is 13.6. The molecule has 0 radical (unpaired) electrons. The minimum atomic E-state index is -0.140. The van der Waals surface area contributed by atoms with E-state index in [1.165, 1.54) is 5.56 Å². The minimum absolute atomic E-state index is 0.140. The topological polar surface area (TPSA) is 72.7 Å². The van der Waals surface area contributed by atoms with Gasteiger partial charge in [0.15, 0.2) is 11.0 Å². The van der Waals surface area contributed by atoms with Crippen LogP contribution in [0.15, 0.2) is 53.3 Å². The molecule has 6 nitrogen and oxygen atoms in total. The summed E-state index contributed by atoms with van der Waals surface area (Å²) in [6.07, 6.45) is 6.95. The van der Waals surface area contributed by atoms with Gasteiger partial charge in [-0.25, -0.2) is 0 Å². The molecular weight excluding hydrogens is 390 g/mol. The van der Waals surface area contributed by atoms with Crippen molar-refractivity contribution in [3.05, 3.63) is 64.4 Å². The van der Waals surface area contributed by atoms with Gasteiger partial charge in [0.1, 0.15) is 0 Å².